The topological polar surface area (TPSA) is 65.5 Å². The standard InChI is InChI=1S/C27H33FN4O2/c28-24-9-3-7-20(13-24)25(30-26(33)19-5-1-2-6-19)10-12-31-15-22-17-32(18-23(22)16-31)27(34)21-8-4-11-29-14-21/h3-4,7-9,11,13-14,19,22-23,25H,1-2,5-6,10,12,15-18H2,(H,30,33)/t22-,23+,25-/m0/s1. The number of carbonyl (C=O) groups is 2. The lowest BCUT2D eigenvalue weighted by Crippen LogP contribution is -2.36. The second kappa shape index (κ2) is 10.2. The molecule has 3 heterocycles. The maximum atomic E-state index is 13.9. The number of carbonyl (C=O) groups excluding carboxylic acids is 2. The Bertz CT molecular complexity index is 997. The third kappa shape index (κ3) is 5.14. The van der Waals surface area contributed by atoms with E-state index in [1.807, 2.05) is 17.0 Å². The Kier molecular flexibility index (Phi) is 6.90. The molecule has 1 aromatic heterocycles. The van der Waals surface area contributed by atoms with Crippen molar-refractivity contribution in [1.82, 2.24) is 20.1 Å². The average Bonchev–Trinajstić information content (AvgIpc) is 3.59. The molecule has 1 N–H and O–H groups in total. The monoisotopic (exact) mass is 464 g/mol. The van der Waals surface area contributed by atoms with E-state index >= 15 is 0 Å². The molecule has 3 aliphatic rings. The highest BCUT2D eigenvalue weighted by atomic mass is 19.1. The molecule has 5 rings (SSSR count). The number of rotatable bonds is 7. The maximum absolute atomic E-state index is 13.9. The first-order valence-electron chi connectivity index (χ1n) is 12.5. The molecule has 0 radical (unpaired) electrons. The number of likely N-dealkylation sites (tertiary alicyclic amines) is 2. The zero-order valence-corrected chi connectivity index (χ0v) is 19.5. The Morgan fingerprint density at radius 2 is 1.82 bits per heavy atom. The van der Waals surface area contributed by atoms with E-state index in [-0.39, 0.29) is 29.6 Å². The van der Waals surface area contributed by atoms with Crippen LogP contribution in [0.25, 0.3) is 0 Å². The molecular weight excluding hydrogens is 431 g/mol. The number of amides is 2. The molecule has 6 nitrogen and oxygen atoms in total. The van der Waals surface area contributed by atoms with Crippen molar-refractivity contribution in [1.29, 1.82) is 0 Å². The van der Waals surface area contributed by atoms with Crippen molar-refractivity contribution in [2.45, 2.75) is 38.1 Å². The van der Waals surface area contributed by atoms with E-state index in [2.05, 4.69) is 15.2 Å². The highest BCUT2D eigenvalue weighted by molar-refractivity contribution is 5.94. The van der Waals surface area contributed by atoms with Crippen LogP contribution in [0.2, 0.25) is 0 Å². The average molecular weight is 465 g/mol. The molecule has 1 saturated carbocycles. The quantitative estimate of drug-likeness (QED) is 0.679. The number of aromatic nitrogens is 1. The lowest BCUT2D eigenvalue weighted by Gasteiger charge is -2.25. The van der Waals surface area contributed by atoms with Gasteiger partial charge in [-0.2, -0.15) is 0 Å². The van der Waals surface area contributed by atoms with Crippen molar-refractivity contribution < 1.29 is 14.0 Å². The van der Waals surface area contributed by atoms with Crippen molar-refractivity contribution in [3.63, 3.8) is 0 Å². The lowest BCUT2D eigenvalue weighted by molar-refractivity contribution is -0.125. The smallest absolute Gasteiger partial charge is 0.255 e. The fourth-order valence-corrected chi connectivity index (χ4v) is 5.95. The number of hydrogen-bond acceptors (Lipinski definition) is 4. The SMILES string of the molecule is O=C(N[C@@H](CCN1C[C@@H]2CN(C(=O)c3cccnc3)C[C@@H]2C1)c1cccc(F)c1)C1CCCC1. The second-order valence-electron chi connectivity index (χ2n) is 10.1. The van der Waals surface area contributed by atoms with E-state index < -0.39 is 0 Å². The summed E-state index contributed by atoms with van der Waals surface area (Å²) < 4.78 is 13.9. The van der Waals surface area contributed by atoms with Gasteiger partial charge in [0.2, 0.25) is 5.91 Å². The molecular formula is C27H33FN4O2. The van der Waals surface area contributed by atoms with Crippen LogP contribution in [0.3, 0.4) is 0 Å². The van der Waals surface area contributed by atoms with E-state index in [1.165, 1.54) is 6.07 Å². The molecule has 0 bridgehead atoms. The van der Waals surface area contributed by atoms with Crippen LogP contribution in [-0.4, -0.2) is 59.3 Å². The summed E-state index contributed by atoms with van der Waals surface area (Å²) in [4.78, 5) is 34.1. The maximum Gasteiger partial charge on any atom is 0.255 e. The zero-order valence-electron chi connectivity index (χ0n) is 19.5. The number of hydrogen-bond donors (Lipinski definition) is 1. The van der Waals surface area contributed by atoms with Crippen molar-refractivity contribution in [3.05, 3.63) is 65.7 Å². The predicted octanol–water partition coefficient (Wildman–Crippen LogP) is 3.66. The predicted molar refractivity (Wildman–Crippen MR) is 127 cm³/mol. The highest BCUT2D eigenvalue weighted by Gasteiger charge is 2.41. The minimum atomic E-state index is -0.272. The molecule has 34 heavy (non-hydrogen) atoms. The van der Waals surface area contributed by atoms with Crippen molar-refractivity contribution in [3.8, 4) is 0 Å². The van der Waals surface area contributed by atoms with Crippen molar-refractivity contribution in [2.75, 3.05) is 32.7 Å². The number of benzene rings is 1. The molecule has 1 aromatic carbocycles. The van der Waals surface area contributed by atoms with Gasteiger partial charge in [-0.15, -0.1) is 0 Å². The molecule has 180 valence electrons. The van der Waals surface area contributed by atoms with Gasteiger partial charge in [-0.1, -0.05) is 25.0 Å². The summed E-state index contributed by atoms with van der Waals surface area (Å²) in [5.74, 6) is 0.935. The van der Waals surface area contributed by atoms with Gasteiger partial charge in [-0.3, -0.25) is 14.6 Å². The molecule has 1 aliphatic carbocycles. The Morgan fingerprint density at radius 3 is 2.50 bits per heavy atom. The van der Waals surface area contributed by atoms with Crippen LogP contribution in [-0.2, 0) is 4.79 Å². The largest absolute Gasteiger partial charge is 0.349 e. The van der Waals surface area contributed by atoms with Gasteiger partial charge in [0.15, 0.2) is 0 Å². The van der Waals surface area contributed by atoms with E-state index in [4.69, 9.17) is 0 Å². The van der Waals surface area contributed by atoms with Crippen LogP contribution in [0.15, 0.2) is 48.8 Å². The van der Waals surface area contributed by atoms with Gasteiger partial charge in [0.05, 0.1) is 11.6 Å². The molecule has 2 aromatic rings. The molecule has 0 spiro atoms. The molecule has 0 unspecified atom stereocenters. The highest BCUT2D eigenvalue weighted by Crippen LogP contribution is 2.33. The fourth-order valence-electron chi connectivity index (χ4n) is 5.95. The van der Waals surface area contributed by atoms with Gasteiger partial charge < -0.3 is 15.1 Å². The minimum Gasteiger partial charge on any atom is -0.349 e. The Balaban J connectivity index is 1.17. The number of halogens is 1. The molecule has 3 fully saturated rings. The number of fused-ring (bicyclic) bond motifs is 1. The third-order valence-corrected chi connectivity index (χ3v) is 7.79. The second-order valence-corrected chi connectivity index (χ2v) is 10.1. The van der Waals surface area contributed by atoms with E-state index in [0.717, 1.165) is 70.4 Å². The summed E-state index contributed by atoms with van der Waals surface area (Å²) in [7, 11) is 0. The fraction of sp³-hybridized carbons (Fsp3) is 0.519. The first kappa shape index (κ1) is 23.0. The summed E-state index contributed by atoms with van der Waals surface area (Å²) in [5, 5.41) is 3.23. The van der Waals surface area contributed by atoms with Crippen LogP contribution >= 0.6 is 0 Å². The van der Waals surface area contributed by atoms with Crippen LogP contribution in [0.4, 0.5) is 4.39 Å². The van der Waals surface area contributed by atoms with E-state index in [1.54, 1.807) is 30.6 Å². The van der Waals surface area contributed by atoms with Gasteiger partial charge in [0.1, 0.15) is 5.82 Å². The van der Waals surface area contributed by atoms with Gasteiger partial charge in [0, 0.05) is 51.0 Å². The van der Waals surface area contributed by atoms with Gasteiger partial charge in [-0.05, 0) is 60.9 Å². The zero-order chi connectivity index (χ0) is 23.5. The lowest BCUT2D eigenvalue weighted by atomic mass is 10.0. The summed E-state index contributed by atoms with van der Waals surface area (Å²) in [6, 6.07) is 10.0. The summed E-state index contributed by atoms with van der Waals surface area (Å²) in [6.07, 6.45) is 8.19. The van der Waals surface area contributed by atoms with Crippen LogP contribution in [0.1, 0.15) is 54.1 Å². The molecule has 7 heteroatoms. The van der Waals surface area contributed by atoms with Crippen LogP contribution in [0, 0.1) is 23.6 Å². The first-order chi connectivity index (χ1) is 16.6. The van der Waals surface area contributed by atoms with Crippen molar-refractivity contribution >= 4 is 11.8 Å². The number of nitrogens with one attached hydrogen (secondary N) is 1. The van der Waals surface area contributed by atoms with E-state index in [0.29, 0.717) is 17.4 Å². The summed E-state index contributed by atoms with van der Waals surface area (Å²) in [5.41, 5.74) is 1.48. The van der Waals surface area contributed by atoms with Crippen molar-refractivity contribution in [2.24, 2.45) is 17.8 Å². The minimum absolute atomic E-state index is 0.0647. The third-order valence-electron chi connectivity index (χ3n) is 7.79. The van der Waals surface area contributed by atoms with Gasteiger partial charge >= 0.3 is 0 Å². The molecule has 2 saturated heterocycles. The Hall–Kier alpha value is -2.80. The normalized spacial score (nSPS) is 23.7. The van der Waals surface area contributed by atoms with Gasteiger partial charge in [-0.25, -0.2) is 4.39 Å². The number of pyridine rings is 1. The molecule has 2 aliphatic heterocycles. The Labute approximate surface area is 200 Å². The van der Waals surface area contributed by atoms with Crippen LogP contribution in [0.5, 0.6) is 0 Å². The number of nitrogens with zero attached hydrogens (tertiary/aromatic N) is 3. The van der Waals surface area contributed by atoms with Gasteiger partial charge in [0.25, 0.3) is 5.91 Å². The van der Waals surface area contributed by atoms with E-state index in [9.17, 15) is 14.0 Å². The Morgan fingerprint density at radius 1 is 1.06 bits per heavy atom. The first-order valence-corrected chi connectivity index (χ1v) is 12.5. The molecule has 2 amide bonds. The summed E-state index contributed by atoms with van der Waals surface area (Å²) >= 11 is 0. The molecule has 3 atom stereocenters. The summed E-state index contributed by atoms with van der Waals surface area (Å²) in [6.45, 7) is 4.30. The van der Waals surface area contributed by atoms with Crippen LogP contribution < -0.4 is 5.32 Å².